The second kappa shape index (κ2) is 8.19. The van der Waals surface area contributed by atoms with Crippen molar-refractivity contribution in [1.82, 2.24) is 4.90 Å². The molecule has 2 aromatic carbocycles. The monoisotopic (exact) mass is 333 g/mol. The summed E-state index contributed by atoms with van der Waals surface area (Å²) in [6.07, 6.45) is 0. The first-order valence-corrected chi connectivity index (χ1v) is 7.41. The van der Waals surface area contributed by atoms with E-state index in [0.717, 1.165) is 0 Å². The highest BCUT2D eigenvalue weighted by Crippen LogP contribution is 2.25. The Hall–Kier alpha value is -2.76. The van der Waals surface area contributed by atoms with Crippen LogP contribution in [0.15, 0.2) is 42.5 Å². The summed E-state index contributed by atoms with van der Waals surface area (Å²) in [6, 6.07) is 11.1. The number of amides is 1. The van der Waals surface area contributed by atoms with Crippen LogP contribution >= 0.6 is 0 Å². The number of likely N-dealkylation sites (N-methyl/N-ethyl adjacent to an activating group) is 1. The Balaban J connectivity index is 1.98. The zero-order chi connectivity index (χ0) is 17.5. The standard InChI is InChI=1S/C18H20FNO4/c1-20(10-11-24-16-7-5-4-6-15(16)19)18(21)14-9-8-13(22-2)12-17(14)23-3/h4-9,12H,10-11H2,1-3H3. The number of carbonyl (C=O) groups excluding carboxylic acids is 1. The number of para-hydroxylation sites is 1. The van der Waals surface area contributed by atoms with Crippen molar-refractivity contribution in [3.8, 4) is 17.2 Å². The first-order chi connectivity index (χ1) is 11.6. The van der Waals surface area contributed by atoms with E-state index in [-0.39, 0.29) is 18.3 Å². The maximum Gasteiger partial charge on any atom is 0.257 e. The van der Waals surface area contributed by atoms with Gasteiger partial charge in [-0.2, -0.15) is 0 Å². The van der Waals surface area contributed by atoms with Gasteiger partial charge < -0.3 is 19.1 Å². The van der Waals surface area contributed by atoms with Crippen LogP contribution in [0.4, 0.5) is 4.39 Å². The van der Waals surface area contributed by atoms with Crippen LogP contribution in [0, 0.1) is 5.82 Å². The lowest BCUT2D eigenvalue weighted by atomic mass is 10.1. The molecule has 0 saturated carbocycles. The molecule has 0 spiro atoms. The van der Waals surface area contributed by atoms with Gasteiger partial charge in [-0.3, -0.25) is 4.79 Å². The van der Waals surface area contributed by atoms with Crippen molar-refractivity contribution in [3.63, 3.8) is 0 Å². The van der Waals surface area contributed by atoms with Gasteiger partial charge in [0.15, 0.2) is 11.6 Å². The maximum atomic E-state index is 13.5. The molecule has 0 saturated heterocycles. The highest BCUT2D eigenvalue weighted by Gasteiger charge is 2.17. The van der Waals surface area contributed by atoms with Gasteiger partial charge in [0.1, 0.15) is 18.1 Å². The summed E-state index contributed by atoms with van der Waals surface area (Å²) >= 11 is 0. The molecule has 0 fully saturated rings. The number of nitrogens with zero attached hydrogens (tertiary/aromatic N) is 1. The molecule has 0 aliphatic carbocycles. The Bertz CT molecular complexity index is 705. The van der Waals surface area contributed by atoms with E-state index in [0.29, 0.717) is 23.6 Å². The predicted octanol–water partition coefficient (Wildman–Crippen LogP) is 2.99. The molecule has 0 aromatic heterocycles. The molecule has 128 valence electrons. The van der Waals surface area contributed by atoms with Gasteiger partial charge in [0.25, 0.3) is 5.91 Å². The van der Waals surface area contributed by atoms with E-state index in [9.17, 15) is 9.18 Å². The number of hydrogen-bond donors (Lipinski definition) is 0. The van der Waals surface area contributed by atoms with Crippen LogP contribution < -0.4 is 14.2 Å². The number of hydrogen-bond acceptors (Lipinski definition) is 4. The minimum Gasteiger partial charge on any atom is -0.497 e. The molecular weight excluding hydrogens is 313 g/mol. The van der Waals surface area contributed by atoms with E-state index >= 15 is 0 Å². The fraction of sp³-hybridized carbons (Fsp3) is 0.278. The van der Waals surface area contributed by atoms with E-state index in [1.807, 2.05) is 0 Å². The van der Waals surface area contributed by atoms with E-state index in [2.05, 4.69) is 0 Å². The molecule has 0 aliphatic heterocycles. The van der Waals surface area contributed by atoms with Crippen LogP contribution in [0.5, 0.6) is 17.2 Å². The van der Waals surface area contributed by atoms with E-state index < -0.39 is 5.82 Å². The van der Waals surface area contributed by atoms with Gasteiger partial charge in [-0.05, 0) is 24.3 Å². The van der Waals surface area contributed by atoms with E-state index in [1.54, 1.807) is 50.6 Å². The fourth-order valence-corrected chi connectivity index (χ4v) is 2.14. The first kappa shape index (κ1) is 17.6. The normalized spacial score (nSPS) is 10.2. The molecule has 2 aromatic rings. The average Bonchev–Trinajstić information content (AvgIpc) is 2.62. The highest BCUT2D eigenvalue weighted by atomic mass is 19.1. The largest absolute Gasteiger partial charge is 0.497 e. The summed E-state index contributed by atoms with van der Waals surface area (Å²) < 4.78 is 29.2. The SMILES string of the molecule is COc1ccc(C(=O)N(C)CCOc2ccccc2F)c(OC)c1. The lowest BCUT2D eigenvalue weighted by Crippen LogP contribution is -2.31. The van der Waals surface area contributed by atoms with Crippen molar-refractivity contribution in [2.45, 2.75) is 0 Å². The lowest BCUT2D eigenvalue weighted by molar-refractivity contribution is 0.0769. The van der Waals surface area contributed by atoms with Gasteiger partial charge >= 0.3 is 0 Å². The Labute approximate surface area is 140 Å². The first-order valence-electron chi connectivity index (χ1n) is 7.41. The molecule has 6 heteroatoms. The van der Waals surface area contributed by atoms with Gasteiger partial charge in [-0.25, -0.2) is 4.39 Å². The van der Waals surface area contributed by atoms with Crippen LogP contribution in [-0.4, -0.2) is 45.2 Å². The molecule has 24 heavy (non-hydrogen) atoms. The Morgan fingerprint density at radius 1 is 1.08 bits per heavy atom. The van der Waals surface area contributed by atoms with Crippen molar-refractivity contribution in [2.75, 3.05) is 34.4 Å². The van der Waals surface area contributed by atoms with Crippen molar-refractivity contribution < 1.29 is 23.4 Å². The lowest BCUT2D eigenvalue weighted by Gasteiger charge is -2.19. The van der Waals surface area contributed by atoms with Gasteiger partial charge in [0.2, 0.25) is 0 Å². The topological polar surface area (TPSA) is 48.0 Å². The molecule has 0 aliphatic rings. The Morgan fingerprint density at radius 2 is 1.83 bits per heavy atom. The zero-order valence-corrected chi connectivity index (χ0v) is 13.9. The smallest absolute Gasteiger partial charge is 0.257 e. The number of halogens is 1. The number of ether oxygens (including phenoxy) is 3. The summed E-state index contributed by atoms with van der Waals surface area (Å²) in [5, 5.41) is 0. The minimum atomic E-state index is -0.427. The van der Waals surface area contributed by atoms with Gasteiger partial charge in [-0.15, -0.1) is 0 Å². The number of methoxy groups -OCH3 is 2. The van der Waals surface area contributed by atoms with Crippen LogP contribution in [-0.2, 0) is 0 Å². The van der Waals surface area contributed by atoms with Gasteiger partial charge in [0.05, 0.1) is 26.3 Å². The second-order valence-corrected chi connectivity index (χ2v) is 5.07. The second-order valence-electron chi connectivity index (χ2n) is 5.07. The third kappa shape index (κ3) is 4.16. The van der Waals surface area contributed by atoms with Crippen LogP contribution in [0.25, 0.3) is 0 Å². The molecule has 0 bridgehead atoms. The molecule has 2 rings (SSSR count). The van der Waals surface area contributed by atoms with Crippen molar-refractivity contribution >= 4 is 5.91 Å². The summed E-state index contributed by atoms with van der Waals surface area (Å²) in [6.45, 7) is 0.490. The Kier molecular flexibility index (Phi) is 6.01. The average molecular weight is 333 g/mol. The van der Waals surface area contributed by atoms with Crippen molar-refractivity contribution in [3.05, 3.63) is 53.8 Å². The quantitative estimate of drug-likeness (QED) is 0.781. The maximum absolute atomic E-state index is 13.5. The number of benzene rings is 2. The Morgan fingerprint density at radius 3 is 2.50 bits per heavy atom. The summed E-state index contributed by atoms with van der Waals surface area (Å²) in [5.74, 6) is 0.561. The number of rotatable bonds is 7. The fourth-order valence-electron chi connectivity index (χ4n) is 2.14. The van der Waals surface area contributed by atoms with Crippen molar-refractivity contribution in [2.24, 2.45) is 0 Å². The molecule has 1 amide bonds. The zero-order valence-electron chi connectivity index (χ0n) is 13.9. The molecule has 0 heterocycles. The van der Waals surface area contributed by atoms with Crippen LogP contribution in [0.3, 0.4) is 0 Å². The molecule has 0 atom stereocenters. The van der Waals surface area contributed by atoms with Crippen LogP contribution in [0.1, 0.15) is 10.4 Å². The third-order valence-electron chi connectivity index (χ3n) is 3.51. The van der Waals surface area contributed by atoms with E-state index in [4.69, 9.17) is 14.2 Å². The van der Waals surface area contributed by atoms with Crippen molar-refractivity contribution in [1.29, 1.82) is 0 Å². The predicted molar refractivity (Wildman–Crippen MR) is 88.4 cm³/mol. The van der Waals surface area contributed by atoms with Crippen LogP contribution in [0.2, 0.25) is 0 Å². The van der Waals surface area contributed by atoms with E-state index in [1.165, 1.54) is 18.1 Å². The summed E-state index contributed by atoms with van der Waals surface area (Å²) in [4.78, 5) is 14.0. The number of carbonyl (C=O) groups is 1. The molecule has 0 radical (unpaired) electrons. The molecule has 5 nitrogen and oxygen atoms in total. The van der Waals surface area contributed by atoms with Gasteiger partial charge in [0, 0.05) is 13.1 Å². The summed E-state index contributed by atoms with van der Waals surface area (Å²) in [5.41, 5.74) is 0.423. The summed E-state index contributed by atoms with van der Waals surface area (Å²) in [7, 11) is 4.69. The molecule has 0 N–H and O–H groups in total. The highest BCUT2D eigenvalue weighted by molar-refractivity contribution is 5.97. The minimum absolute atomic E-state index is 0.167. The molecular formula is C18H20FNO4. The van der Waals surface area contributed by atoms with Gasteiger partial charge in [-0.1, -0.05) is 12.1 Å². The molecule has 0 unspecified atom stereocenters. The third-order valence-corrected chi connectivity index (χ3v) is 3.51.